The Kier molecular flexibility index (Phi) is 8.18. The molecule has 1 N–H and O–H groups in total. The highest BCUT2D eigenvalue weighted by Crippen LogP contribution is 2.23. The first-order chi connectivity index (χ1) is 11.8. The Hall–Kier alpha value is -1.12. The van der Waals surface area contributed by atoms with Gasteiger partial charge in [-0.2, -0.15) is 0 Å². The van der Waals surface area contributed by atoms with Crippen LogP contribution in [0.25, 0.3) is 0 Å². The molecule has 3 rings (SSSR count). The number of nitrogens with one attached hydrogen (secondary N) is 1. The highest BCUT2D eigenvalue weighted by atomic mass is 127. The minimum atomic E-state index is 0. The lowest BCUT2D eigenvalue weighted by atomic mass is 10.1. The molecule has 0 spiro atoms. The van der Waals surface area contributed by atoms with Gasteiger partial charge in [0.05, 0.1) is 0 Å². The Morgan fingerprint density at radius 1 is 1.28 bits per heavy atom. The van der Waals surface area contributed by atoms with E-state index in [1.165, 1.54) is 17.5 Å². The van der Waals surface area contributed by atoms with Crippen molar-refractivity contribution >= 4 is 41.3 Å². The van der Waals surface area contributed by atoms with Gasteiger partial charge in [-0.05, 0) is 29.0 Å². The molecule has 0 saturated heterocycles. The molecule has 2 heterocycles. The van der Waals surface area contributed by atoms with Crippen molar-refractivity contribution in [3.05, 3.63) is 57.8 Å². The maximum absolute atomic E-state index is 4.41. The summed E-state index contributed by atoms with van der Waals surface area (Å²) in [6, 6.07) is 12.8. The molecule has 2 aromatic rings. The van der Waals surface area contributed by atoms with Crippen LogP contribution in [0, 0.1) is 0 Å². The van der Waals surface area contributed by atoms with Crippen LogP contribution in [0.5, 0.6) is 0 Å². The predicted molar refractivity (Wildman–Crippen MR) is 118 cm³/mol. The number of halogens is 1. The summed E-state index contributed by atoms with van der Waals surface area (Å²) in [6.45, 7) is 5.08. The molecule has 0 bridgehead atoms. The SMILES string of the molecule is CN=C(NCCN1CCc2sccc2C1)N(C)Cc1ccccc1.I. The molecule has 0 saturated carbocycles. The number of rotatable bonds is 5. The molecule has 0 radical (unpaired) electrons. The van der Waals surface area contributed by atoms with Crippen molar-refractivity contribution < 1.29 is 0 Å². The summed E-state index contributed by atoms with van der Waals surface area (Å²) < 4.78 is 0. The second-order valence-electron chi connectivity index (χ2n) is 6.21. The van der Waals surface area contributed by atoms with E-state index in [0.717, 1.165) is 38.7 Å². The van der Waals surface area contributed by atoms with Crippen molar-refractivity contribution in [3.63, 3.8) is 0 Å². The van der Waals surface area contributed by atoms with Crippen molar-refractivity contribution in [2.24, 2.45) is 4.99 Å². The molecule has 136 valence electrons. The van der Waals surface area contributed by atoms with Crippen molar-refractivity contribution in [3.8, 4) is 0 Å². The van der Waals surface area contributed by atoms with Crippen molar-refractivity contribution in [2.75, 3.05) is 33.7 Å². The molecule has 0 fully saturated rings. The first-order valence-corrected chi connectivity index (χ1v) is 9.37. The first-order valence-electron chi connectivity index (χ1n) is 8.49. The van der Waals surface area contributed by atoms with Crippen LogP contribution in [0.1, 0.15) is 16.0 Å². The van der Waals surface area contributed by atoms with Crippen molar-refractivity contribution in [2.45, 2.75) is 19.5 Å². The molecule has 6 heteroatoms. The summed E-state index contributed by atoms with van der Waals surface area (Å²) in [6.07, 6.45) is 1.19. The van der Waals surface area contributed by atoms with Crippen LogP contribution in [0.15, 0.2) is 46.8 Å². The molecule has 0 atom stereocenters. The molecule has 0 amide bonds. The molecule has 4 nitrogen and oxygen atoms in total. The summed E-state index contributed by atoms with van der Waals surface area (Å²) in [5.41, 5.74) is 2.81. The minimum Gasteiger partial charge on any atom is -0.355 e. The van der Waals surface area contributed by atoms with E-state index in [1.807, 2.05) is 24.5 Å². The van der Waals surface area contributed by atoms with Crippen molar-refractivity contribution in [1.82, 2.24) is 15.1 Å². The molecule has 1 aliphatic heterocycles. The van der Waals surface area contributed by atoms with E-state index in [4.69, 9.17) is 0 Å². The molecule has 0 unspecified atom stereocenters. The second-order valence-corrected chi connectivity index (χ2v) is 7.21. The molecular weight excluding hydrogens is 443 g/mol. The number of nitrogens with zero attached hydrogens (tertiary/aromatic N) is 3. The normalized spacial score (nSPS) is 14.6. The average molecular weight is 470 g/mol. The van der Waals surface area contributed by atoms with Gasteiger partial charge in [0.2, 0.25) is 0 Å². The smallest absolute Gasteiger partial charge is 0.193 e. The topological polar surface area (TPSA) is 30.9 Å². The molecule has 1 aromatic heterocycles. The lowest BCUT2D eigenvalue weighted by molar-refractivity contribution is 0.259. The molecule has 0 aliphatic carbocycles. The number of thiophene rings is 1. The van der Waals surface area contributed by atoms with Gasteiger partial charge in [0, 0.05) is 51.7 Å². The van der Waals surface area contributed by atoms with Gasteiger partial charge in [-0.25, -0.2) is 0 Å². The Labute approximate surface area is 172 Å². The van der Waals surface area contributed by atoms with E-state index in [-0.39, 0.29) is 24.0 Å². The maximum Gasteiger partial charge on any atom is 0.193 e. The number of hydrogen-bond donors (Lipinski definition) is 1. The summed E-state index contributed by atoms with van der Waals surface area (Å²) >= 11 is 1.90. The van der Waals surface area contributed by atoms with E-state index in [2.05, 4.69) is 62.9 Å². The fourth-order valence-corrected chi connectivity index (χ4v) is 4.03. The average Bonchev–Trinajstić information content (AvgIpc) is 3.07. The largest absolute Gasteiger partial charge is 0.355 e. The Bertz CT molecular complexity index is 671. The molecular formula is C19H27IN4S. The minimum absolute atomic E-state index is 0. The van der Waals surface area contributed by atoms with Gasteiger partial charge < -0.3 is 10.2 Å². The van der Waals surface area contributed by atoms with E-state index in [1.54, 1.807) is 4.88 Å². The number of aliphatic imine (C=N–C) groups is 1. The zero-order valence-electron chi connectivity index (χ0n) is 14.9. The summed E-state index contributed by atoms with van der Waals surface area (Å²) in [7, 11) is 3.93. The van der Waals surface area contributed by atoms with Gasteiger partial charge in [0.25, 0.3) is 0 Å². The van der Waals surface area contributed by atoms with Gasteiger partial charge in [0.15, 0.2) is 5.96 Å². The first kappa shape index (κ1) is 20.2. The zero-order chi connectivity index (χ0) is 16.8. The van der Waals surface area contributed by atoms with Crippen LogP contribution in [-0.4, -0.2) is 49.5 Å². The van der Waals surface area contributed by atoms with Crippen LogP contribution < -0.4 is 5.32 Å². The predicted octanol–water partition coefficient (Wildman–Crippen LogP) is 3.43. The lowest BCUT2D eigenvalue weighted by Crippen LogP contribution is -2.43. The monoisotopic (exact) mass is 470 g/mol. The van der Waals surface area contributed by atoms with E-state index >= 15 is 0 Å². The van der Waals surface area contributed by atoms with Gasteiger partial charge in [0.1, 0.15) is 0 Å². The van der Waals surface area contributed by atoms with Crippen LogP contribution in [0.2, 0.25) is 0 Å². The highest BCUT2D eigenvalue weighted by Gasteiger charge is 2.16. The Morgan fingerprint density at radius 3 is 2.84 bits per heavy atom. The number of fused-ring (bicyclic) bond motifs is 1. The summed E-state index contributed by atoms with van der Waals surface area (Å²) in [5.74, 6) is 0.951. The number of guanidine groups is 1. The third kappa shape index (κ3) is 5.69. The van der Waals surface area contributed by atoms with E-state index < -0.39 is 0 Å². The fourth-order valence-electron chi connectivity index (χ4n) is 3.14. The number of hydrogen-bond acceptors (Lipinski definition) is 3. The van der Waals surface area contributed by atoms with Crippen LogP contribution in [0.3, 0.4) is 0 Å². The molecule has 1 aliphatic rings. The number of benzene rings is 1. The third-order valence-electron chi connectivity index (χ3n) is 4.43. The Balaban J connectivity index is 0.00000225. The standard InChI is InChI=1S/C19H26N4S.HI/c1-20-19(22(2)14-16-6-4-3-5-7-16)21-10-12-23-11-8-18-17(15-23)9-13-24-18;/h3-7,9,13H,8,10-12,14-15H2,1-2H3,(H,20,21);1H. The van der Waals surface area contributed by atoms with E-state index in [0.29, 0.717) is 0 Å². The van der Waals surface area contributed by atoms with Gasteiger partial charge in [-0.1, -0.05) is 30.3 Å². The lowest BCUT2D eigenvalue weighted by Gasteiger charge is -2.28. The van der Waals surface area contributed by atoms with Crippen molar-refractivity contribution in [1.29, 1.82) is 0 Å². The van der Waals surface area contributed by atoms with Gasteiger partial charge >= 0.3 is 0 Å². The highest BCUT2D eigenvalue weighted by molar-refractivity contribution is 14.0. The molecule has 1 aromatic carbocycles. The quantitative estimate of drug-likeness (QED) is 0.413. The van der Waals surface area contributed by atoms with E-state index in [9.17, 15) is 0 Å². The van der Waals surface area contributed by atoms with Gasteiger partial charge in [-0.15, -0.1) is 35.3 Å². The maximum atomic E-state index is 4.41. The Morgan fingerprint density at radius 2 is 2.08 bits per heavy atom. The summed E-state index contributed by atoms with van der Waals surface area (Å²) in [5, 5.41) is 5.71. The third-order valence-corrected chi connectivity index (χ3v) is 5.46. The second kappa shape index (κ2) is 10.1. The zero-order valence-corrected chi connectivity index (χ0v) is 18.1. The van der Waals surface area contributed by atoms with Gasteiger partial charge in [-0.3, -0.25) is 9.89 Å². The van der Waals surface area contributed by atoms with Crippen LogP contribution >= 0.6 is 35.3 Å². The van der Waals surface area contributed by atoms with Crippen LogP contribution in [-0.2, 0) is 19.5 Å². The molecule has 25 heavy (non-hydrogen) atoms. The fraction of sp³-hybridized carbons (Fsp3) is 0.421. The van der Waals surface area contributed by atoms with Crippen LogP contribution in [0.4, 0.5) is 0 Å². The summed E-state index contributed by atoms with van der Waals surface area (Å²) in [4.78, 5) is 10.7.